The van der Waals surface area contributed by atoms with Crippen molar-refractivity contribution in [1.82, 2.24) is 0 Å². The van der Waals surface area contributed by atoms with E-state index in [0.29, 0.717) is 0 Å². The van der Waals surface area contributed by atoms with Crippen LogP contribution < -0.4 is 0 Å². The second kappa shape index (κ2) is 9.94. The first-order chi connectivity index (χ1) is 4.18. The van der Waals surface area contributed by atoms with E-state index in [1.807, 2.05) is 0 Å². The zero-order chi connectivity index (χ0) is 7.70. The number of carbonyl (C=O) groups excluding carboxylic acids is 3. The average molecular weight is 132 g/mol. The lowest BCUT2D eigenvalue weighted by molar-refractivity contribution is -0.137. The average Bonchev–Trinajstić information content (AvgIpc) is 1.89. The van der Waals surface area contributed by atoms with Crippen molar-refractivity contribution in [3.63, 3.8) is 0 Å². The van der Waals surface area contributed by atoms with Crippen LogP contribution in [0.5, 0.6) is 0 Å². The molecule has 0 N–H and O–H groups in total. The van der Waals surface area contributed by atoms with Gasteiger partial charge in [-0.2, -0.15) is 0 Å². The maximum absolute atomic E-state index is 9.59. The van der Waals surface area contributed by atoms with E-state index in [0.717, 1.165) is 0 Å². The zero-order valence-corrected chi connectivity index (χ0v) is 5.29. The molecule has 9 heavy (non-hydrogen) atoms. The van der Waals surface area contributed by atoms with Crippen molar-refractivity contribution >= 4 is 18.5 Å². The second-order valence-electron chi connectivity index (χ2n) is 0.968. The summed E-state index contributed by atoms with van der Waals surface area (Å²) in [4.78, 5) is 27.2. The highest BCUT2D eigenvalue weighted by atomic mass is 16.5. The monoisotopic (exact) mass is 132 g/mol. The van der Waals surface area contributed by atoms with Crippen molar-refractivity contribution in [2.75, 3.05) is 7.11 Å². The van der Waals surface area contributed by atoms with E-state index in [1.165, 1.54) is 14.0 Å². The van der Waals surface area contributed by atoms with Gasteiger partial charge in [0.1, 0.15) is 0 Å². The highest BCUT2D eigenvalue weighted by molar-refractivity contribution is 6.09. The maximum Gasteiger partial charge on any atom is 0.302 e. The topological polar surface area (TPSA) is 60.4 Å². The lowest BCUT2D eigenvalue weighted by atomic mass is 10.8. The van der Waals surface area contributed by atoms with Gasteiger partial charge in [0, 0.05) is 6.92 Å². The lowest BCUT2D eigenvalue weighted by Crippen LogP contribution is -1.88. The van der Waals surface area contributed by atoms with Gasteiger partial charge in [0.2, 0.25) is 0 Å². The lowest BCUT2D eigenvalue weighted by Gasteiger charge is -1.80. The molecule has 0 heterocycles. The number of hydrogen-bond acceptors (Lipinski definition) is 4. The number of rotatable bonds is 1. The van der Waals surface area contributed by atoms with E-state index in [1.54, 1.807) is 0 Å². The Morgan fingerprint density at radius 1 is 1.33 bits per heavy atom. The van der Waals surface area contributed by atoms with Crippen LogP contribution in [0.25, 0.3) is 0 Å². The number of aldehydes is 2. The third-order valence-corrected chi connectivity index (χ3v) is 0.343. The Balaban J connectivity index is 0. The predicted octanol–water partition coefficient (Wildman–Crippen LogP) is -0.437. The molecule has 0 amide bonds. The van der Waals surface area contributed by atoms with Crippen LogP contribution in [0, 0.1) is 0 Å². The quantitative estimate of drug-likeness (QED) is 0.276. The van der Waals surface area contributed by atoms with Crippen molar-refractivity contribution in [2.45, 2.75) is 6.92 Å². The summed E-state index contributed by atoms with van der Waals surface area (Å²) in [5.41, 5.74) is 0. The van der Waals surface area contributed by atoms with Gasteiger partial charge in [-0.15, -0.1) is 0 Å². The summed E-state index contributed by atoms with van der Waals surface area (Å²) >= 11 is 0. The second-order valence-corrected chi connectivity index (χ2v) is 0.968. The summed E-state index contributed by atoms with van der Waals surface area (Å²) < 4.78 is 4.11. The molecule has 0 spiro atoms. The number of ether oxygens (including phenoxy) is 1. The normalized spacial score (nSPS) is 6.00. The van der Waals surface area contributed by atoms with Crippen LogP contribution in [0.2, 0.25) is 0 Å². The Labute approximate surface area is 52.8 Å². The molecule has 0 aliphatic heterocycles. The van der Waals surface area contributed by atoms with E-state index >= 15 is 0 Å². The Kier molecular flexibility index (Phi) is 11.8. The fourth-order valence-electron chi connectivity index (χ4n) is 0. The minimum absolute atomic E-state index is 0.194. The molecule has 4 nitrogen and oxygen atoms in total. The van der Waals surface area contributed by atoms with Crippen LogP contribution in [-0.2, 0) is 19.1 Å². The molecule has 0 aliphatic carbocycles. The minimum Gasteiger partial charge on any atom is -0.469 e. The third-order valence-electron chi connectivity index (χ3n) is 0.343. The largest absolute Gasteiger partial charge is 0.469 e. The van der Waals surface area contributed by atoms with Crippen LogP contribution in [-0.4, -0.2) is 25.7 Å². The molecule has 0 aromatic rings. The fourth-order valence-corrected chi connectivity index (χ4v) is 0. The van der Waals surface area contributed by atoms with Crippen LogP contribution in [0.4, 0.5) is 0 Å². The zero-order valence-electron chi connectivity index (χ0n) is 5.29. The molecule has 0 saturated carbocycles. The molecule has 0 bridgehead atoms. The molecule has 52 valence electrons. The van der Waals surface area contributed by atoms with Gasteiger partial charge >= 0.3 is 5.97 Å². The standard InChI is InChI=1S/C3H6O2.C2H2O2/c1-3(4)5-2;3-1-2-4/h1-2H3;1-2H. The van der Waals surface area contributed by atoms with E-state index in [9.17, 15) is 4.79 Å². The van der Waals surface area contributed by atoms with Gasteiger partial charge < -0.3 is 4.74 Å². The van der Waals surface area contributed by atoms with Gasteiger partial charge in [-0.05, 0) is 0 Å². The Morgan fingerprint density at radius 3 is 1.56 bits per heavy atom. The molecule has 0 aromatic carbocycles. The van der Waals surface area contributed by atoms with Gasteiger partial charge in [0.25, 0.3) is 0 Å². The number of methoxy groups -OCH3 is 1. The minimum atomic E-state index is -0.245. The van der Waals surface area contributed by atoms with Gasteiger partial charge in [0.05, 0.1) is 7.11 Å². The summed E-state index contributed by atoms with van der Waals surface area (Å²) in [6, 6.07) is 0. The summed E-state index contributed by atoms with van der Waals surface area (Å²) in [5, 5.41) is 0. The fraction of sp³-hybridized carbons (Fsp3) is 0.400. The molecule has 0 rings (SSSR count). The van der Waals surface area contributed by atoms with Gasteiger partial charge in [-0.1, -0.05) is 0 Å². The highest BCUT2D eigenvalue weighted by Crippen LogP contribution is 1.60. The first-order valence-corrected chi connectivity index (χ1v) is 2.12. The number of carbonyl (C=O) groups is 3. The van der Waals surface area contributed by atoms with Gasteiger partial charge in [-0.25, -0.2) is 0 Å². The van der Waals surface area contributed by atoms with Crippen LogP contribution in [0.1, 0.15) is 6.92 Å². The molecule has 0 saturated heterocycles. The smallest absolute Gasteiger partial charge is 0.302 e. The predicted molar refractivity (Wildman–Crippen MR) is 29.8 cm³/mol. The van der Waals surface area contributed by atoms with E-state index < -0.39 is 0 Å². The van der Waals surface area contributed by atoms with Crippen molar-refractivity contribution in [1.29, 1.82) is 0 Å². The summed E-state index contributed by atoms with van der Waals surface area (Å²) in [6.45, 7) is 1.36. The van der Waals surface area contributed by atoms with Crippen molar-refractivity contribution in [3.05, 3.63) is 0 Å². The third kappa shape index (κ3) is 48.1. The maximum atomic E-state index is 9.59. The molecule has 0 atom stereocenters. The first-order valence-electron chi connectivity index (χ1n) is 2.12. The highest BCUT2D eigenvalue weighted by Gasteiger charge is 1.75. The van der Waals surface area contributed by atoms with Gasteiger partial charge in [0.15, 0.2) is 12.6 Å². The van der Waals surface area contributed by atoms with Crippen molar-refractivity contribution in [2.24, 2.45) is 0 Å². The van der Waals surface area contributed by atoms with Crippen molar-refractivity contribution in [3.8, 4) is 0 Å². The van der Waals surface area contributed by atoms with Crippen LogP contribution in [0.3, 0.4) is 0 Å². The van der Waals surface area contributed by atoms with E-state index in [4.69, 9.17) is 9.59 Å². The summed E-state index contributed by atoms with van der Waals surface area (Å²) in [6.07, 6.45) is 0.389. The van der Waals surface area contributed by atoms with Crippen LogP contribution >= 0.6 is 0 Å². The molecule has 0 unspecified atom stereocenters. The Morgan fingerprint density at radius 2 is 1.56 bits per heavy atom. The molecule has 0 aromatic heterocycles. The summed E-state index contributed by atoms with van der Waals surface area (Å²) in [5.74, 6) is -0.245. The molecule has 0 aliphatic rings. The first kappa shape index (κ1) is 10.7. The molecular weight excluding hydrogens is 124 g/mol. The van der Waals surface area contributed by atoms with Crippen LogP contribution in [0.15, 0.2) is 0 Å². The number of hydrogen-bond donors (Lipinski definition) is 0. The van der Waals surface area contributed by atoms with E-state index in [-0.39, 0.29) is 18.5 Å². The van der Waals surface area contributed by atoms with Gasteiger partial charge in [-0.3, -0.25) is 14.4 Å². The SMILES string of the molecule is COC(C)=O.O=CC=O. The Bertz CT molecular complexity index is 91.1. The Hall–Kier alpha value is -1.19. The molecule has 4 heteroatoms. The van der Waals surface area contributed by atoms with E-state index in [2.05, 4.69) is 4.74 Å². The van der Waals surface area contributed by atoms with Crippen molar-refractivity contribution < 1.29 is 19.1 Å². The summed E-state index contributed by atoms with van der Waals surface area (Å²) in [7, 11) is 1.35. The molecule has 0 radical (unpaired) electrons. The molecular formula is C5H8O4. The molecule has 0 fully saturated rings. The number of esters is 1.